The second-order valence-corrected chi connectivity index (χ2v) is 8.44. The maximum absolute atomic E-state index is 11.3. The van der Waals surface area contributed by atoms with Crippen molar-refractivity contribution in [3.63, 3.8) is 0 Å². The highest BCUT2D eigenvalue weighted by Crippen LogP contribution is 2.11. The van der Waals surface area contributed by atoms with Gasteiger partial charge in [0.25, 0.3) is 0 Å². The van der Waals surface area contributed by atoms with Gasteiger partial charge in [-0.05, 0) is 60.1 Å². The first kappa shape index (κ1) is 30.1. The van der Waals surface area contributed by atoms with Gasteiger partial charge in [0.05, 0.1) is 12.7 Å². The number of aryl methyl sites for hydroxylation is 4. The smallest absolute Gasteiger partial charge is 0.337 e. The lowest BCUT2D eigenvalue weighted by molar-refractivity contribution is 0.0600. The third kappa shape index (κ3) is 10.5. The van der Waals surface area contributed by atoms with Crippen LogP contribution in [0.15, 0.2) is 109 Å². The van der Waals surface area contributed by atoms with E-state index in [0.29, 0.717) is 11.1 Å². The first-order valence-electron chi connectivity index (χ1n) is 12.3. The molecule has 198 valence electrons. The van der Waals surface area contributed by atoms with Crippen LogP contribution in [-0.2, 0) is 30.4 Å². The van der Waals surface area contributed by atoms with Crippen LogP contribution in [0.1, 0.15) is 43.0 Å². The van der Waals surface area contributed by atoms with Gasteiger partial charge in [0.15, 0.2) is 5.78 Å². The lowest BCUT2D eigenvalue weighted by atomic mass is 10.0. The number of benzene rings is 4. The normalized spacial score (nSPS) is 9.79. The summed E-state index contributed by atoms with van der Waals surface area (Å²) in [5.74, 6) is 2.98. The Balaban J connectivity index is 0.000000251. The molecule has 4 aromatic carbocycles. The zero-order valence-electron chi connectivity index (χ0n) is 21.6. The molecule has 0 spiro atoms. The molecule has 0 saturated heterocycles. The molecule has 0 saturated carbocycles. The molecule has 38 heavy (non-hydrogen) atoms. The van der Waals surface area contributed by atoms with Crippen LogP contribution in [0.5, 0.6) is 0 Å². The number of hydrogen-bond donors (Lipinski definition) is 3. The Morgan fingerprint density at radius 3 is 1.26 bits per heavy atom. The molecule has 6 heteroatoms. The number of ketones is 1. The number of methoxy groups -OCH3 is 1. The predicted octanol–water partition coefficient (Wildman–Crippen LogP) is 5.24. The van der Waals surface area contributed by atoms with Crippen LogP contribution < -0.4 is 5.90 Å². The fourth-order valence-electron chi connectivity index (χ4n) is 3.74. The second-order valence-electron chi connectivity index (χ2n) is 8.44. The summed E-state index contributed by atoms with van der Waals surface area (Å²) in [6, 6.07) is 35.7. The number of nitrogens with two attached hydrogens (primary N) is 1. The highest BCUT2D eigenvalue weighted by molar-refractivity contribution is 5.96. The summed E-state index contributed by atoms with van der Waals surface area (Å²) in [4.78, 5) is 22.5. The number of carbonyl (C=O) groups excluding carboxylic acids is 2. The van der Waals surface area contributed by atoms with Gasteiger partial charge < -0.3 is 15.1 Å². The first-order valence-corrected chi connectivity index (χ1v) is 12.3. The zero-order chi connectivity index (χ0) is 27.6. The van der Waals surface area contributed by atoms with Gasteiger partial charge in [0.1, 0.15) is 6.61 Å². The Hall–Kier alpha value is -4.10. The monoisotopic (exact) mass is 513 g/mol. The maximum atomic E-state index is 11.3. The molecule has 0 fully saturated rings. The molecular weight excluding hydrogens is 478 g/mol. The van der Waals surface area contributed by atoms with Gasteiger partial charge in [0, 0.05) is 5.56 Å². The van der Waals surface area contributed by atoms with E-state index in [9.17, 15) is 9.59 Å². The number of aliphatic hydroxyl groups is 1. The third-order valence-corrected chi connectivity index (χ3v) is 5.88. The summed E-state index contributed by atoms with van der Waals surface area (Å²) in [5, 5.41) is 15.3. The molecule has 0 aliphatic heterocycles. The number of carbonyl (C=O) groups is 2. The molecule has 0 aromatic heterocycles. The molecule has 4 aromatic rings. The van der Waals surface area contributed by atoms with E-state index in [0.717, 1.165) is 25.7 Å². The van der Waals surface area contributed by atoms with Crippen LogP contribution in [0.2, 0.25) is 0 Å². The topological polar surface area (TPSA) is 110 Å². The van der Waals surface area contributed by atoms with Gasteiger partial charge in [0.2, 0.25) is 0 Å². The molecule has 0 unspecified atom stereocenters. The summed E-state index contributed by atoms with van der Waals surface area (Å²) in [5.41, 5.74) is 6.24. The molecule has 0 amide bonds. The Labute approximate surface area is 224 Å². The van der Waals surface area contributed by atoms with Crippen LogP contribution in [0, 0.1) is 0 Å². The van der Waals surface area contributed by atoms with Crippen LogP contribution in [0.3, 0.4) is 0 Å². The minimum absolute atomic E-state index is 0.232. The van der Waals surface area contributed by atoms with Gasteiger partial charge in [-0.3, -0.25) is 4.79 Å². The molecule has 0 aliphatic rings. The van der Waals surface area contributed by atoms with Crippen LogP contribution in [0.25, 0.3) is 0 Å². The van der Waals surface area contributed by atoms with Gasteiger partial charge >= 0.3 is 5.97 Å². The number of rotatable bonds is 9. The van der Waals surface area contributed by atoms with Gasteiger partial charge in [-0.15, -0.1) is 0 Å². The highest BCUT2D eigenvalue weighted by Gasteiger charge is 2.05. The average Bonchev–Trinajstić information content (AvgIpc) is 3.01. The summed E-state index contributed by atoms with van der Waals surface area (Å²) in [7, 11) is 1.39. The number of esters is 1. The highest BCUT2D eigenvalue weighted by atomic mass is 16.5. The van der Waals surface area contributed by atoms with Crippen molar-refractivity contribution in [2.45, 2.75) is 25.7 Å². The Bertz CT molecular complexity index is 1110. The number of hydrogen-bond acceptors (Lipinski definition) is 6. The molecule has 6 nitrogen and oxygen atoms in total. The van der Waals surface area contributed by atoms with Crippen LogP contribution in [-0.4, -0.2) is 35.8 Å². The molecule has 4 rings (SSSR count). The van der Waals surface area contributed by atoms with E-state index < -0.39 is 6.61 Å². The van der Waals surface area contributed by atoms with Crippen molar-refractivity contribution >= 4 is 11.8 Å². The molecule has 0 aliphatic carbocycles. The van der Waals surface area contributed by atoms with Gasteiger partial charge in [-0.2, -0.15) is 0 Å². The Morgan fingerprint density at radius 2 is 0.921 bits per heavy atom. The first-order chi connectivity index (χ1) is 18.6. The molecule has 0 bridgehead atoms. The van der Waals surface area contributed by atoms with Crippen molar-refractivity contribution in [3.05, 3.63) is 143 Å². The fraction of sp³-hybridized carbons (Fsp3) is 0.188. The van der Waals surface area contributed by atoms with E-state index in [1.54, 1.807) is 12.1 Å². The van der Waals surface area contributed by atoms with Crippen molar-refractivity contribution in [3.8, 4) is 0 Å². The van der Waals surface area contributed by atoms with E-state index in [-0.39, 0.29) is 11.8 Å². The zero-order valence-corrected chi connectivity index (χ0v) is 21.6. The van der Waals surface area contributed by atoms with Crippen LogP contribution >= 0.6 is 0 Å². The van der Waals surface area contributed by atoms with E-state index >= 15 is 0 Å². The summed E-state index contributed by atoms with van der Waals surface area (Å²) in [6.45, 7) is -0.427. The molecule has 4 N–H and O–H groups in total. The second kappa shape index (κ2) is 17.4. The van der Waals surface area contributed by atoms with Crippen molar-refractivity contribution in [1.29, 1.82) is 0 Å². The minimum Gasteiger partial charge on any atom is -0.465 e. The predicted molar refractivity (Wildman–Crippen MR) is 149 cm³/mol. The average molecular weight is 514 g/mol. The number of Topliss-reactive ketones (excluding diaryl/α,β-unsaturated/α-hetero) is 1. The summed E-state index contributed by atoms with van der Waals surface area (Å²) >= 11 is 0. The van der Waals surface area contributed by atoms with Crippen molar-refractivity contribution in [1.82, 2.24) is 0 Å². The number of aliphatic hydroxyl groups excluding tert-OH is 1. The minimum atomic E-state index is -0.427. The molecular formula is C32H35NO5. The van der Waals surface area contributed by atoms with Gasteiger partial charge in [-0.25, -0.2) is 10.7 Å². The fourth-order valence-corrected chi connectivity index (χ4v) is 3.74. The van der Waals surface area contributed by atoms with E-state index in [1.165, 1.54) is 29.4 Å². The third-order valence-electron chi connectivity index (χ3n) is 5.88. The van der Waals surface area contributed by atoms with Crippen molar-refractivity contribution < 1.29 is 24.6 Å². The quantitative estimate of drug-likeness (QED) is 0.160. The molecule has 0 heterocycles. The SMILES string of the molecule is COC(=O)c1ccc(CCc2ccccc2)cc1.NO.O=C(CO)c1ccc(CCc2ccccc2)cc1. The van der Waals surface area contributed by atoms with E-state index in [4.69, 9.17) is 10.3 Å². The summed E-state index contributed by atoms with van der Waals surface area (Å²) < 4.78 is 4.67. The number of ether oxygens (including phenoxy) is 1. The largest absolute Gasteiger partial charge is 0.465 e. The Kier molecular flexibility index (Phi) is 13.8. The van der Waals surface area contributed by atoms with E-state index in [2.05, 4.69) is 47.0 Å². The lowest BCUT2D eigenvalue weighted by Crippen LogP contribution is -2.04. The van der Waals surface area contributed by atoms with Gasteiger partial charge in [-0.1, -0.05) is 97.1 Å². The maximum Gasteiger partial charge on any atom is 0.337 e. The molecule has 0 atom stereocenters. The summed E-state index contributed by atoms with van der Waals surface area (Å²) in [6.07, 6.45) is 3.94. The lowest BCUT2D eigenvalue weighted by Gasteiger charge is -2.03. The standard InChI is InChI=1S/2C16H16O2.H3NO/c1-18-16(17)15-11-9-14(10-12-15)8-7-13-5-3-2-4-6-13;17-12-16(18)15-10-8-14(9-11-15)7-6-13-4-2-1-3-5-13;1-2/h2-6,9-12H,7-8H2,1H3;1-5,8-11,17H,6-7,12H2;2H,1H2. The van der Waals surface area contributed by atoms with E-state index in [1.807, 2.05) is 60.7 Å². The van der Waals surface area contributed by atoms with Crippen molar-refractivity contribution in [2.75, 3.05) is 13.7 Å². The van der Waals surface area contributed by atoms with Crippen LogP contribution in [0.4, 0.5) is 0 Å². The van der Waals surface area contributed by atoms with Crippen molar-refractivity contribution in [2.24, 2.45) is 5.90 Å². The Morgan fingerprint density at radius 1 is 0.579 bits per heavy atom. The molecule has 0 radical (unpaired) electrons.